The predicted molar refractivity (Wildman–Crippen MR) is 76.9 cm³/mol. The lowest BCUT2D eigenvalue weighted by Gasteiger charge is -2.08. The van der Waals surface area contributed by atoms with Crippen LogP contribution < -0.4 is 0 Å². The van der Waals surface area contributed by atoms with E-state index in [0.717, 1.165) is 0 Å². The Morgan fingerprint density at radius 3 is 2.67 bits per heavy atom. The van der Waals surface area contributed by atoms with Crippen molar-refractivity contribution in [2.75, 3.05) is 0 Å². The normalized spacial score (nSPS) is 11.5. The van der Waals surface area contributed by atoms with Crippen molar-refractivity contribution in [1.29, 1.82) is 0 Å². The SMILES string of the molecule is CCn1cc(CS(=O)(=O)c2cc(C(=O)O)ccc2C)cn1. The third kappa shape index (κ3) is 3.30. The number of aromatic nitrogens is 2. The van der Waals surface area contributed by atoms with Gasteiger partial charge in [-0.1, -0.05) is 6.07 Å². The number of aryl methyl sites for hydroxylation is 2. The fourth-order valence-electron chi connectivity index (χ4n) is 2.02. The van der Waals surface area contributed by atoms with Gasteiger partial charge in [0.2, 0.25) is 0 Å². The first kappa shape index (κ1) is 15.2. The number of rotatable bonds is 5. The number of benzene rings is 1. The fraction of sp³-hybridized carbons (Fsp3) is 0.286. The molecular formula is C14H16N2O4S. The van der Waals surface area contributed by atoms with Crippen molar-refractivity contribution >= 4 is 15.8 Å². The molecule has 112 valence electrons. The molecule has 0 aliphatic carbocycles. The average Bonchev–Trinajstić information content (AvgIpc) is 2.85. The molecule has 0 bridgehead atoms. The highest BCUT2D eigenvalue weighted by Crippen LogP contribution is 2.21. The molecule has 0 saturated carbocycles. The van der Waals surface area contributed by atoms with E-state index in [2.05, 4.69) is 5.10 Å². The fourth-order valence-corrected chi connectivity index (χ4v) is 3.63. The summed E-state index contributed by atoms with van der Waals surface area (Å²) >= 11 is 0. The molecule has 0 spiro atoms. The van der Waals surface area contributed by atoms with Crippen LogP contribution in [0.3, 0.4) is 0 Å². The van der Waals surface area contributed by atoms with Crippen molar-refractivity contribution < 1.29 is 18.3 Å². The molecule has 0 atom stereocenters. The van der Waals surface area contributed by atoms with Crippen LogP contribution >= 0.6 is 0 Å². The molecule has 1 aromatic carbocycles. The summed E-state index contributed by atoms with van der Waals surface area (Å²) < 4.78 is 26.6. The van der Waals surface area contributed by atoms with Crippen molar-refractivity contribution in [1.82, 2.24) is 9.78 Å². The molecule has 2 aromatic rings. The summed E-state index contributed by atoms with van der Waals surface area (Å²) in [5.41, 5.74) is 1.07. The van der Waals surface area contributed by atoms with Crippen LogP contribution in [0.1, 0.15) is 28.4 Å². The van der Waals surface area contributed by atoms with Crippen LogP contribution in [0.2, 0.25) is 0 Å². The highest BCUT2D eigenvalue weighted by atomic mass is 32.2. The Bertz CT molecular complexity index is 778. The van der Waals surface area contributed by atoms with Crippen LogP contribution in [-0.2, 0) is 22.1 Å². The van der Waals surface area contributed by atoms with Crippen molar-refractivity contribution in [3.05, 3.63) is 47.3 Å². The minimum Gasteiger partial charge on any atom is -0.478 e. The van der Waals surface area contributed by atoms with Gasteiger partial charge < -0.3 is 5.11 Å². The van der Waals surface area contributed by atoms with E-state index in [1.54, 1.807) is 17.8 Å². The van der Waals surface area contributed by atoms with Gasteiger partial charge in [0.1, 0.15) is 0 Å². The van der Waals surface area contributed by atoms with E-state index >= 15 is 0 Å². The molecule has 0 aliphatic rings. The third-order valence-electron chi connectivity index (χ3n) is 3.14. The second-order valence-corrected chi connectivity index (χ2v) is 6.71. The molecule has 0 unspecified atom stereocenters. The van der Waals surface area contributed by atoms with Crippen molar-refractivity contribution in [2.24, 2.45) is 0 Å². The summed E-state index contributed by atoms with van der Waals surface area (Å²) in [6, 6.07) is 4.11. The second kappa shape index (κ2) is 5.69. The minimum absolute atomic E-state index is 0.0385. The Morgan fingerprint density at radius 1 is 1.38 bits per heavy atom. The highest BCUT2D eigenvalue weighted by molar-refractivity contribution is 7.90. The molecule has 0 radical (unpaired) electrons. The number of carboxylic acid groups (broad SMARTS) is 1. The predicted octanol–water partition coefficient (Wildman–Crippen LogP) is 1.88. The number of hydrogen-bond acceptors (Lipinski definition) is 4. The Balaban J connectivity index is 2.39. The number of hydrogen-bond donors (Lipinski definition) is 1. The first-order valence-electron chi connectivity index (χ1n) is 6.41. The van der Waals surface area contributed by atoms with Crippen LogP contribution in [-0.4, -0.2) is 29.3 Å². The molecule has 0 amide bonds. The van der Waals surface area contributed by atoms with Crippen molar-refractivity contribution in [2.45, 2.75) is 31.0 Å². The van der Waals surface area contributed by atoms with E-state index in [-0.39, 0.29) is 16.2 Å². The first-order chi connectivity index (χ1) is 9.83. The Morgan fingerprint density at radius 2 is 2.10 bits per heavy atom. The van der Waals surface area contributed by atoms with Crippen LogP contribution in [0, 0.1) is 6.92 Å². The summed E-state index contributed by atoms with van der Waals surface area (Å²) in [6.07, 6.45) is 3.19. The van der Waals surface area contributed by atoms with Crippen LogP contribution in [0.4, 0.5) is 0 Å². The molecule has 1 heterocycles. The van der Waals surface area contributed by atoms with Gasteiger partial charge in [0.05, 0.1) is 22.4 Å². The van der Waals surface area contributed by atoms with E-state index in [9.17, 15) is 13.2 Å². The van der Waals surface area contributed by atoms with Gasteiger partial charge in [-0.2, -0.15) is 5.10 Å². The molecule has 1 aromatic heterocycles. The van der Waals surface area contributed by atoms with Gasteiger partial charge in [-0.15, -0.1) is 0 Å². The molecule has 0 fully saturated rings. The number of sulfone groups is 1. The number of carboxylic acids is 1. The largest absolute Gasteiger partial charge is 0.478 e. The van der Waals surface area contributed by atoms with E-state index < -0.39 is 15.8 Å². The van der Waals surface area contributed by atoms with Gasteiger partial charge in [0.25, 0.3) is 0 Å². The molecule has 6 nitrogen and oxygen atoms in total. The second-order valence-electron chi connectivity index (χ2n) is 4.75. The Kier molecular flexibility index (Phi) is 4.13. The smallest absolute Gasteiger partial charge is 0.335 e. The van der Waals surface area contributed by atoms with Crippen LogP contribution in [0.15, 0.2) is 35.5 Å². The molecule has 21 heavy (non-hydrogen) atoms. The molecule has 1 N–H and O–H groups in total. The van der Waals surface area contributed by atoms with Gasteiger partial charge >= 0.3 is 5.97 Å². The van der Waals surface area contributed by atoms with Gasteiger partial charge in [0, 0.05) is 18.3 Å². The lowest BCUT2D eigenvalue weighted by Crippen LogP contribution is -2.08. The monoisotopic (exact) mass is 308 g/mol. The lowest BCUT2D eigenvalue weighted by molar-refractivity contribution is 0.0696. The van der Waals surface area contributed by atoms with Crippen molar-refractivity contribution in [3.63, 3.8) is 0 Å². The molecule has 2 rings (SSSR count). The van der Waals surface area contributed by atoms with Gasteiger partial charge in [0.15, 0.2) is 9.84 Å². The topological polar surface area (TPSA) is 89.3 Å². The quantitative estimate of drug-likeness (QED) is 0.911. The summed E-state index contributed by atoms with van der Waals surface area (Å²) in [7, 11) is -3.61. The zero-order valence-electron chi connectivity index (χ0n) is 11.8. The van der Waals surface area contributed by atoms with E-state index in [1.807, 2.05) is 6.92 Å². The van der Waals surface area contributed by atoms with Gasteiger partial charge in [-0.25, -0.2) is 13.2 Å². The maximum Gasteiger partial charge on any atom is 0.335 e. The van der Waals surface area contributed by atoms with E-state index in [0.29, 0.717) is 17.7 Å². The van der Waals surface area contributed by atoms with Gasteiger partial charge in [-0.05, 0) is 31.5 Å². The number of nitrogens with zero attached hydrogens (tertiary/aromatic N) is 2. The Labute approximate surface area is 123 Å². The van der Waals surface area contributed by atoms with E-state index in [4.69, 9.17) is 5.11 Å². The van der Waals surface area contributed by atoms with Crippen molar-refractivity contribution in [3.8, 4) is 0 Å². The summed E-state index contributed by atoms with van der Waals surface area (Å²) in [5, 5.41) is 13.0. The summed E-state index contributed by atoms with van der Waals surface area (Å²) in [6.45, 7) is 4.22. The zero-order chi connectivity index (χ0) is 15.6. The highest BCUT2D eigenvalue weighted by Gasteiger charge is 2.20. The van der Waals surface area contributed by atoms with Crippen LogP contribution in [0.25, 0.3) is 0 Å². The standard InChI is InChI=1S/C14H16N2O4S/c1-3-16-8-11(7-15-16)9-21(19,20)13-6-12(14(17)18)5-4-10(13)2/h4-8H,3,9H2,1-2H3,(H,17,18). The van der Waals surface area contributed by atoms with Crippen LogP contribution in [0.5, 0.6) is 0 Å². The molecule has 0 aliphatic heterocycles. The third-order valence-corrected chi connectivity index (χ3v) is 4.96. The molecule has 7 heteroatoms. The lowest BCUT2D eigenvalue weighted by atomic mass is 10.1. The summed E-state index contributed by atoms with van der Waals surface area (Å²) in [4.78, 5) is 11.0. The summed E-state index contributed by atoms with van der Waals surface area (Å²) in [5.74, 6) is -1.35. The molecular weight excluding hydrogens is 292 g/mol. The van der Waals surface area contributed by atoms with E-state index in [1.165, 1.54) is 24.4 Å². The maximum absolute atomic E-state index is 12.5. The number of carbonyl (C=O) groups is 1. The average molecular weight is 308 g/mol. The zero-order valence-corrected chi connectivity index (χ0v) is 12.6. The Hall–Kier alpha value is -2.15. The first-order valence-corrected chi connectivity index (χ1v) is 8.06. The van der Waals surface area contributed by atoms with Gasteiger partial charge in [-0.3, -0.25) is 4.68 Å². The molecule has 0 saturated heterocycles. The maximum atomic E-state index is 12.5. The number of aromatic carboxylic acids is 1. The minimum atomic E-state index is -3.61.